The molecule has 2 nitrogen and oxygen atoms in total. The SMILES string of the molecule is CCN[CH]N(C)C. The van der Waals surface area contributed by atoms with Gasteiger partial charge in [-0.05, 0) is 20.6 Å². The van der Waals surface area contributed by atoms with Gasteiger partial charge in [0.15, 0.2) is 0 Å². The fourth-order valence-electron chi connectivity index (χ4n) is 0.274. The summed E-state index contributed by atoms with van der Waals surface area (Å²) in [5.74, 6) is 0. The van der Waals surface area contributed by atoms with Gasteiger partial charge in [-0.1, -0.05) is 6.92 Å². The van der Waals surface area contributed by atoms with Crippen LogP contribution in [-0.2, 0) is 0 Å². The lowest BCUT2D eigenvalue weighted by atomic mass is 10.7. The van der Waals surface area contributed by atoms with Crippen molar-refractivity contribution in [1.82, 2.24) is 10.2 Å². The van der Waals surface area contributed by atoms with Gasteiger partial charge in [-0.2, -0.15) is 0 Å². The maximum absolute atomic E-state index is 3.05. The normalized spacial score (nSPS) is 10.3. The van der Waals surface area contributed by atoms with Gasteiger partial charge < -0.3 is 0 Å². The van der Waals surface area contributed by atoms with Crippen LogP contribution >= 0.6 is 0 Å². The van der Waals surface area contributed by atoms with E-state index in [1.165, 1.54) is 0 Å². The van der Waals surface area contributed by atoms with Crippen LogP contribution in [0.2, 0.25) is 0 Å². The van der Waals surface area contributed by atoms with Gasteiger partial charge in [0.05, 0.1) is 6.67 Å². The largest absolute Gasteiger partial charge is 0.300 e. The van der Waals surface area contributed by atoms with E-state index in [2.05, 4.69) is 12.2 Å². The van der Waals surface area contributed by atoms with Crippen LogP contribution in [-0.4, -0.2) is 25.5 Å². The third kappa shape index (κ3) is 5.92. The molecule has 43 valence electrons. The van der Waals surface area contributed by atoms with E-state index in [-0.39, 0.29) is 0 Å². The first-order chi connectivity index (χ1) is 3.27. The van der Waals surface area contributed by atoms with Crippen LogP contribution in [0.4, 0.5) is 0 Å². The lowest BCUT2D eigenvalue weighted by molar-refractivity contribution is 0.454. The summed E-state index contributed by atoms with van der Waals surface area (Å²) in [5.41, 5.74) is 0. The summed E-state index contributed by atoms with van der Waals surface area (Å²) in [6, 6.07) is 0. The Labute approximate surface area is 45.5 Å². The van der Waals surface area contributed by atoms with Crippen molar-refractivity contribution in [2.24, 2.45) is 0 Å². The van der Waals surface area contributed by atoms with Gasteiger partial charge in [-0.25, -0.2) is 0 Å². The van der Waals surface area contributed by atoms with Crippen LogP contribution in [0.1, 0.15) is 6.92 Å². The second kappa shape index (κ2) is 4.09. The molecule has 0 saturated carbocycles. The quantitative estimate of drug-likeness (QED) is 0.549. The van der Waals surface area contributed by atoms with Crippen molar-refractivity contribution in [1.29, 1.82) is 0 Å². The summed E-state index contributed by atoms with van der Waals surface area (Å²) in [4.78, 5) is 1.98. The van der Waals surface area contributed by atoms with Crippen LogP contribution in [0.5, 0.6) is 0 Å². The first-order valence-corrected chi connectivity index (χ1v) is 2.50. The minimum atomic E-state index is 0.998. The smallest absolute Gasteiger partial charge is 0.0888 e. The molecule has 0 unspecified atom stereocenters. The van der Waals surface area contributed by atoms with E-state index in [9.17, 15) is 0 Å². The predicted molar refractivity (Wildman–Crippen MR) is 31.7 cm³/mol. The molecule has 0 heterocycles. The molecule has 0 rings (SSSR count). The number of hydrogen-bond acceptors (Lipinski definition) is 2. The van der Waals surface area contributed by atoms with Crippen molar-refractivity contribution < 1.29 is 0 Å². The summed E-state index contributed by atoms with van der Waals surface area (Å²) >= 11 is 0. The fraction of sp³-hybridized carbons (Fsp3) is 0.800. The molecular weight excluding hydrogens is 88.1 g/mol. The highest BCUT2D eigenvalue weighted by Gasteiger charge is 1.82. The molecule has 0 fully saturated rings. The molecule has 0 aromatic heterocycles. The standard InChI is InChI=1S/C5H13N2/c1-4-6-5-7(2)3/h5-6H,4H2,1-3H3. The van der Waals surface area contributed by atoms with Gasteiger partial charge in [0.25, 0.3) is 0 Å². The first kappa shape index (κ1) is 6.92. The number of rotatable bonds is 3. The van der Waals surface area contributed by atoms with E-state index in [0.29, 0.717) is 0 Å². The van der Waals surface area contributed by atoms with Gasteiger partial charge >= 0.3 is 0 Å². The van der Waals surface area contributed by atoms with Crippen molar-refractivity contribution in [3.63, 3.8) is 0 Å². The molecule has 0 aromatic carbocycles. The maximum Gasteiger partial charge on any atom is 0.0888 e. The summed E-state index contributed by atoms with van der Waals surface area (Å²) < 4.78 is 0. The summed E-state index contributed by atoms with van der Waals surface area (Å²) in [7, 11) is 3.98. The molecule has 0 saturated heterocycles. The van der Waals surface area contributed by atoms with Crippen molar-refractivity contribution in [3.05, 3.63) is 6.67 Å². The Morgan fingerprint density at radius 1 is 1.57 bits per heavy atom. The van der Waals surface area contributed by atoms with Gasteiger partial charge in [-0.3, -0.25) is 10.2 Å². The zero-order valence-corrected chi connectivity index (χ0v) is 5.23. The molecule has 1 radical (unpaired) electrons. The van der Waals surface area contributed by atoms with Gasteiger partial charge in [0, 0.05) is 0 Å². The molecule has 0 aliphatic rings. The van der Waals surface area contributed by atoms with E-state index in [4.69, 9.17) is 0 Å². The van der Waals surface area contributed by atoms with Crippen LogP contribution in [0.25, 0.3) is 0 Å². The lowest BCUT2D eigenvalue weighted by Crippen LogP contribution is -2.20. The molecular formula is C5H13N2. The minimum Gasteiger partial charge on any atom is -0.300 e. The average molecular weight is 101 g/mol. The van der Waals surface area contributed by atoms with Gasteiger partial charge in [-0.15, -0.1) is 0 Å². The highest BCUT2D eigenvalue weighted by molar-refractivity contribution is 4.53. The Morgan fingerprint density at radius 3 is 2.29 bits per heavy atom. The molecule has 0 spiro atoms. The predicted octanol–water partition coefficient (Wildman–Crippen LogP) is 0.277. The van der Waals surface area contributed by atoms with E-state index < -0.39 is 0 Å². The molecule has 7 heavy (non-hydrogen) atoms. The number of nitrogens with one attached hydrogen (secondary N) is 1. The molecule has 0 atom stereocenters. The minimum absolute atomic E-state index is 0.998. The van der Waals surface area contributed by atoms with Gasteiger partial charge in [0.1, 0.15) is 0 Å². The second-order valence-electron chi connectivity index (χ2n) is 1.65. The van der Waals surface area contributed by atoms with Crippen LogP contribution in [0.3, 0.4) is 0 Å². The van der Waals surface area contributed by atoms with Crippen LogP contribution < -0.4 is 5.32 Å². The Balaban J connectivity index is 2.68. The van der Waals surface area contributed by atoms with Crippen LogP contribution in [0.15, 0.2) is 0 Å². The maximum atomic E-state index is 3.05. The zero-order valence-electron chi connectivity index (χ0n) is 5.23. The average Bonchev–Trinajstić information content (AvgIpc) is 1.61. The Bertz CT molecular complexity index is 35.1. The fourth-order valence-corrected chi connectivity index (χ4v) is 0.274. The van der Waals surface area contributed by atoms with E-state index >= 15 is 0 Å². The summed E-state index contributed by atoms with van der Waals surface area (Å²) in [6.07, 6.45) is 0. The zero-order chi connectivity index (χ0) is 5.70. The van der Waals surface area contributed by atoms with Crippen LogP contribution in [0, 0.1) is 6.67 Å². The summed E-state index contributed by atoms with van der Waals surface area (Å²) in [5, 5.41) is 3.05. The topological polar surface area (TPSA) is 15.3 Å². The second-order valence-corrected chi connectivity index (χ2v) is 1.65. The van der Waals surface area contributed by atoms with Crippen molar-refractivity contribution in [2.75, 3.05) is 20.6 Å². The molecule has 2 heteroatoms. The number of nitrogens with zero attached hydrogens (tertiary/aromatic N) is 1. The van der Waals surface area contributed by atoms with Crippen molar-refractivity contribution in [2.45, 2.75) is 6.92 Å². The first-order valence-electron chi connectivity index (χ1n) is 2.50. The molecule has 0 aliphatic carbocycles. The lowest BCUT2D eigenvalue weighted by Gasteiger charge is -2.06. The Kier molecular flexibility index (Phi) is 4.04. The molecule has 0 aromatic rings. The summed E-state index contributed by atoms with van der Waals surface area (Å²) in [6.45, 7) is 5.00. The highest BCUT2D eigenvalue weighted by Crippen LogP contribution is 1.71. The van der Waals surface area contributed by atoms with Crippen molar-refractivity contribution in [3.8, 4) is 0 Å². The molecule has 0 amide bonds. The molecule has 1 N–H and O–H groups in total. The molecule has 0 bridgehead atoms. The Hall–Kier alpha value is -0.0800. The molecule has 0 aliphatic heterocycles. The van der Waals surface area contributed by atoms with E-state index in [1.807, 2.05) is 25.7 Å². The van der Waals surface area contributed by atoms with Crippen molar-refractivity contribution >= 4 is 0 Å². The van der Waals surface area contributed by atoms with Gasteiger partial charge in [0.2, 0.25) is 0 Å². The number of hydrogen-bond donors (Lipinski definition) is 1. The third-order valence-electron chi connectivity index (χ3n) is 0.554. The van der Waals surface area contributed by atoms with E-state index in [1.54, 1.807) is 0 Å². The van der Waals surface area contributed by atoms with E-state index in [0.717, 1.165) is 6.54 Å². The monoisotopic (exact) mass is 101 g/mol. The Morgan fingerprint density at radius 2 is 2.14 bits per heavy atom. The third-order valence-corrected chi connectivity index (χ3v) is 0.554. The highest BCUT2D eigenvalue weighted by atomic mass is 15.2.